The van der Waals surface area contributed by atoms with Crippen molar-refractivity contribution in [3.63, 3.8) is 0 Å². The molecular weight excluding hydrogens is 212 g/mol. The lowest BCUT2D eigenvalue weighted by Crippen LogP contribution is -2.32. The molecule has 0 aromatic heterocycles. The molecule has 0 bridgehead atoms. The molecule has 1 aromatic rings. The molecule has 0 heterocycles. The van der Waals surface area contributed by atoms with Gasteiger partial charge in [0.1, 0.15) is 0 Å². The minimum absolute atomic E-state index is 0.0783. The van der Waals surface area contributed by atoms with Gasteiger partial charge in [-0.15, -0.1) is 0 Å². The van der Waals surface area contributed by atoms with Crippen LogP contribution in [0.4, 0.5) is 5.69 Å². The molecule has 2 N–H and O–H groups in total. The summed E-state index contributed by atoms with van der Waals surface area (Å²) in [6.07, 6.45) is 1.25. The maximum absolute atomic E-state index is 12.1. The number of rotatable bonds is 5. The van der Waals surface area contributed by atoms with Gasteiger partial charge in [-0.3, -0.25) is 4.79 Å². The summed E-state index contributed by atoms with van der Waals surface area (Å²) < 4.78 is 0. The van der Waals surface area contributed by atoms with Gasteiger partial charge >= 0.3 is 0 Å². The van der Waals surface area contributed by atoms with Crippen molar-refractivity contribution in [2.45, 2.75) is 39.7 Å². The highest BCUT2D eigenvalue weighted by atomic mass is 16.2. The number of amides is 1. The first kappa shape index (κ1) is 13.7. The summed E-state index contributed by atoms with van der Waals surface area (Å²) in [4.78, 5) is 13.9. The van der Waals surface area contributed by atoms with Crippen LogP contribution in [0.25, 0.3) is 0 Å². The van der Waals surface area contributed by atoms with Crippen LogP contribution < -0.4 is 10.6 Å². The number of aryl methyl sites for hydroxylation is 1. The van der Waals surface area contributed by atoms with E-state index in [1.54, 1.807) is 0 Å². The van der Waals surface area contributed by atoms with Crippen molar-refractivity contribution in [1.29, 1.82) is 0 Å². The van der Waals surface area contributed by atoms with Crippen LogP contribution in [0.1, 0.15) is 32.3 Å². The summed E-state index contributed by atoms with van der Waals surface area (Å²) in [5.41, 5.74) is 7.81. The molecule has 0 aliphatic carbocycles. The van der Waals surface area contributed by atoms with E-state index in [1.807, 2.05) is 49.9 Å². The van der Waals surface area contributed by atoms with Gasteiger partial charge in [0.15, 0.2) is 0 Å². The molecule has 0 spiro atoms. The number of para-hydroxylation sites is 1. The van der Waals surface area contributed by atoms with Crippen molar-refractivity contribution in [2.24, 2.45) is 5.73 Å². The van der Waals surface area contributed by atoms with E-state index in [9.17, 15) is 4.79 Å². The fraction of sp³-hybridized carbons (Fsp3) is 0.500. The number of hydrogen-bond acceptors (Lipinski definition) is 2. The molecular formula is C14H22N2O. The van der Waals surface area contributed by atoms with Gasteiger partial charge in [0.05, 0.1) is 0 Å². The van der Waals surface area contributed by atoms with Gasteiger partial charge in [-0.1, -0.05) is 18.2 Å². The Balaban J connectivity index is 2.78. The minimum Gasteiger partial charge on any atom is -0.328 e. The van der Waals surface area contributed by atoms with Crippen LogP contribution in [-0.2, 0) is 4.79 Å². The van der Waals surface area contributed by atoms with Crippen LogP contribution in [0.3, 0.4) is 0 Å². The smallest absolute Gasteiger partial charge is 0.227 e. The van der Waals surface area contributed by atoms with Crippen molar-refractivity contribution in [3.05, 3.63) is 29.8 Å². The maximum atomic E-state index is 12.1. The molecule has 1 rings (SSSR count). The molecule has 94 valence electrons. The molecule has 3 heteroatoms. The second-order valence-corrected chi connectivity index (χ2v) is 4.44. The summed E-state index contributed by atoms with van der Waals surface area (Å²) in [5.74, 6) is 0.152. The monoisotopic (exact) mass is 234 g/mol. The van der Waals surface area contributed by atoms with Gasteiger partial charge in [0.25, 0.3) is 0 Å². The Kier molecular flexibility index (Phi) is 5.16. The average Bonchev–Trinajstić information content (AvgIpc) is 2.30. The number of carbonyl (C=O) groups excluding carboxylic acids is 1. The van der Waals surface area contributed by atoms with Crippen LogP contribution in [0.15, 0.2) is 24.3 Å². The van der Waals surface area contributed by atoms with E-state index in [2.05, 4.69) is 0 Å². The molecule has 17 heavy (non-hydrogen) atoms. The van der Waals surface area contributed by atoms with Crippen molar-refractivity contribution in [3.8, 4) is 0 Å². The van der Waals surface area contributed by atoms with Gasteiger partial charge < -0.3 is 10.6 Å². The summed E-state index contributed by atoms with van der Waals surface area (Å²) in [7, 11) is 0. The normalized spacial score (nSPS) is 12.2. The SMILES string of the molecule is CCN(C(=O)CCC(C)N)c1ccccc1C. The topological polar surface area (TPSA) is 46.3 Å². The van der Waals surface area contributed by atoms with Crippen molar-refractivity contribution < 1.29 is 4.79 Å². The quantitative estimate of drug-likeness (QED) is 0.850. The third-order valence-corrected chi connectivity index (χ3v) is 2.84. The van der Waals surface area contributed by atoms with E-state index in [0.29, 0.717) is 13.0 Å². The van der Waals surface area contributed by atoms with Crippen LogP contribution >= 0.6 is 0 Å². The molecule has 0 saturated carbocycles. The lowest BCUT2D eigenvalue weighted by molar-refractivity contribution is -0.118. The van der Waals surface area contributed by atoms with Crippen molar-refractivity contribution in [1.82, 2.24) is 0 Å². The minimum atomic E-state index is 0.0783. The first-order valence-corrected chi connectivity index (χ1v) is 6.17. The third-order valence-electron chi connectivity index (χ3n) is 2.84. The van der Waals surface area contributed by atoms with E-state index in [0.717, 1.165) is 17.7 Å². The molecule has 1 unspecified atom stereocenters. The van der Waals surface area contributed by atoms with Gasteiger partial charge in [-0.2, -0.15) is 0 Å². The molecule has 0 aliphatic rings. The average molecular weight is 234 g/mol. The van der Waals surface area contributed by atoms with Gasteiger partial charge in [-0.25, -0.2) is 0 Å². The van der Waals surface area contributed by atoms with Crippen LogP contribution in [0.5, 0.6) is 0 Å². The summed E-state index contributed by atoms with van der Waals surface area (Å²) in [6.45, 7) is 6.65. The Morgan fingerprint density at radius 2 is 2.06 bits per heavy atom. The Morgan fingerprint density at radius 1 is 1.41 bits per heavy atom. The number of benzene rings is 1. The second-order valence-electron chi connectivity index (χ2n) is 4.44. The zero-order chi connectivity index (χ0) is 12.8. The first-order chi connectivity index (χ1) is 8.06. The summed E-state index contributed by atoms with van der Waals surface area (Å²) in [5, 5.41) is 0. The molecule has 0 saturated heterocycles. The van der Waals surface area contributed by atoms with E-state index in [4.69, 9.17) is 5.73 Å². The largest absolute Gasteiger partial charge is 0.328 e. The molecule has 1 atom stereocenters. The van der Waals surface area contributed by atoms with Gasteiger partial charge in [0.2, 0.25) is 5.91 Å². The number of carbonyl (C=O) groups is 1. The molecule has 0 radical (unpaired) electrons. The zero-order valence-electron chi connectivity index (χ0n) is 10.9. The highest BCUT2D eigenvalue weighted by Crippen LogP contribution is 2.20. The number of hydrogen-bond donors (Lipinski definition) is 1. The van der Waals surface area contributed by atoms with E-state index in [1.165, 1.54) is 0 Å². The Bertz CT molecular complexity index is 374. The molecule has 1 aromatic carbocycles. The van der Waals surface area contributed by atoms with Gasteiger partial charge in [-0.05, 0) is 38.8 Å². The van der Waals surface area contributed by atoms with E-state index >= 15 is 0 Å². The molecule has 0 aliphatic heterocycles. The lowest BCUT2D eigenvalue weighted by Gasteiger charge is -2.23. The summed E-state index contributed by atoms with van der Waals surface area (Å²) in [6, 6.07) is 8.04. The lowest BCUT2D eigenvalue weighted by atomic mass is 10.1. The van der Waals surface area contributed by atoms with E-state index in [-0.39, 0.29) is 11.9 Å². The van der Waals surface area contributed by atoms with E-state index < -0.39 is 0 Å². The highest BCUT2D eigenvalue weighted by Gasteiger charge is 2.15. The standard InChI is InChI=1S/C14H22N2O/c1-4-16(14(17)10-9-12(3)15)13-8-6-5-7-11(13)2/h5-8,12H,4,9-10,15H2,1-3H3. The first-order valence-electron chi connectivity index (χ1n) is 6.17. The Labute approximate surface area is 104 Å². The number of anilines is 1. The molecule has 1 amide bonds. The predicted octanol–water partition coefficient (Wildman–Crippen LogP) is 2.48. The van der Waals surface area contributed by atoms with Crippen molar-refractivity contribution in [2.75, 3.05) is 11.4 Å². The zero-order valence-corrected chi connectivity index (χ0v) is 10.9. The number of nitrogens with two attached hydrogens (primary N) is 1. The fourth-order valence-electron chi connectivity index (χ4n) is 1.83. The Morgan fingerprint density at radius 3 is 2.59 bits per heavy atom. The maximum Gasteiger partial charge on any atom is 0.227 e. The van der Waals surface area contributed by atoms with Crippen LogP contribution in [0, 0.1) is 6.92 Å². The predicted molar refractivity (Wildman–Crippen MR) is 72.1 cm³/mol. The Hall–Kier alpha value is -1.35. The highest BCUT2D eigenvalue weighted by molar-refractivity contribution is 5.94. The van der Waals surface area contributed by atoms with Gasteiger partial charge in [0, 0.05) is 24.7 Å². The third kappa shape index (κ3) is 3.86. The fourth-order valence-corrected chi connectivity index (χ4v) is 1.83. The van der Waals surface area contributed by atoms with Crippen molar-refractivity contribution >= 4 is 11.6 Å². The number of nitrogens with zero attached hydrogens (tertiary/aromatic N) is 1. The molecule has 0 fully saturated rings. The molecule has 3 nitrogen and oxygen atoms in total. The second kappa shape index (κ2) is 6.40. The summed E-state index contributed by atoms with van der Waals surface area (Å²) >= 11 is 0. The van der Waals surface area contributed by atoms with Crippen LogP contribution in [-0.4, -0.2) is 18.5 Å². The van der Waals surface area contributed by atoms with Crippen LogP contribution in [0.2, 0.25) is 0 Å².